The van der Waals surface area contributed by atoms with Crippen molar-refractivity contribution in [2.45, 2.75) is 5.54 Å². The number of fused-ring (bicyclic) bond motifs is 1. The first kappa shape index (κ1) is 19.9. The summed E-state index contributed by atoms with van der Waals surface area (Å²) in [5.74, 6) is -1.76. The van der Waals surface area contributed by atoms with E-state index in [2.05, 4.69) is 10.7 Å². The molecule has 1 aliphatic rings. The molecule has 1 saturated heterocycles. The predicted molar refractivity (Wildman–Crippen MR) is 118 cm³/mol. The van der Waals surface area contributed by atoms with Crippen molar-refractivity contribution in [1.29, 1.82) is 0 Å². The molecule has 2 heterocycles. The van der Waals surface area contributed by atoms with Crippen LogP contribution >= 0.6 is 11.3 Å². The zero-order valence-corrected chi connectivity index (χ0v) is 17.4. The molecule has 32 heavy (non-hydrogen) atoms. The third-order valence-corrected chi connectivity index (χ3v) is 6.48. The zero-order chi connectivity index (χ0) is 22.3. The van der Waals surface area contributed by atoms with E-state index in [9.17, 15) is 18.8 Å². The van der Waals surface area contributed by atoms with Crippen LogP contribution in [-0.4, -0.2) is 22.9 Å². The number of carbonyl (C=O) groups excluding carboxylic acids is 3. The minimum Gasteiger partial charge on any atom is -0.314 e. The highest BCUT2D eigenvalue weighted by Crippen LogP contribution is 2.35. The van der Waals surface area contributed by atoms with E-state index in [-0.39, 0.29) is 4.88 Å². The molecule has 0 aliphatic carbocycles. The number of imide groups is 1. The average Bonchev–Trinajstić information content (AvgIpc) is 3.37. The number of benzene rings is 3. The van der Waals surface area contributed by atoms with Gasteiger partial charge in [0.25, 0.3) is 11.8 Å². The maximum atomic E-state index is 14.0. The van der Waals surface area contributed by atoms with Crippen LogP contribution < -0.4 is 10.7 Å². The van der Waals surface area contributed by atoms with Gasteiger partial charge in [-0.3, -0.25) is 15.0 Å². The summed E-state index contributed by atoms with van der Waals surface area (Å²) >= 11 is 1.08. The van der Waals surface area contributed by atoms with E-state index < -0.39 is 29.2 Å². The van der Waals surface area contributed by atoms with Crippen LogP contribution in [0.2, 0.25) is 0 Å². The Morgan fingerprint density at radius 2 is 1.53 bits per heavy atom. The van der Waals surface area contributed by atoms with Gasteiger partial charge < -0.3 is 5.32 Å². The Morgan fingerprint density at radius 3 is 2.12 bits per heavy atom. The van der Waals surface area contributed by atoms with Gasteiger partial charge in [-0.25, -0.2) is 9.18 Å². The molecule has 158 valence electrons. The molecule has 5 rings (SSSR count). The third-order valence-electron chi connectivity index (χ3n) is 5.38. The second-order valence-electron chi connectivity index (χ2n) is 7.26. The van der Waals surface area contributed by atoms with Gasteiger partial charge in [0.05, 0.1) is 4.88 Å². The molecule has 0 saturated carbocycles. The number of nitrogens with one attached hydrogen (secondary N) is 2. The molecule has 0 unspecified atom stereocenters. The Balaban J connectivity index is 1.52. The third kappa shape index (κ3) is 3.04. The van der Waals surface area contributed by atoms with Crippen molar-refractivity contribution in [3.8, 4) is 0 Å². The van der Waals surface area contributed by atoms with E-state index in [1.54, 1.807) is 60.7 Å². The lowest BCUT2D eigenvalue weighted by Gasteiger charge is -2.27. The minimum atomic E-state index is -1.49. The van der Waals surface area contributed by atoms with Crippen molar-refractivity contribution < 1.29 is 18.8 Å². The zero-order valence-electron chi connectivity index (χ0n) is 16.5. The molecule has 0 radical (unpaired) electrons. The van der Waals surface area contributed by atoms with Gasteiger partial charge in [-0.1, -0.05) is 66.7 Å². The fourth-order valence-electron chi connectivity index (χ4n) is 3.86. The van der Waals surface area contributed by atoms with E-state index in [0.717, 1.165) is 11.3 Å². The fourth-order valence-corrected chi connectivity index (χ4v) is 4.82. The number of hydrogen-bond acceptors (Lipinski definition) is 4. The van der Waals surface area contributed by atoms with Crippen LogP contribution in [0.15, 0.2) is 84.9 Å². The molecular weight excluding hydrogens is 429 g/mol. The smallest absolute Gasteiger partial charge is 0.314 e. The van der Waals surface area contributed by atoms with Crippen molar-refractivity contribution in [2.24, 2.45) is 0 Å². The Bertz CT molecular complexity index is 1320. The molecule has 0 atom stereocenters. The molecule has 2 N–H and O–H groups in total. The topological polar surface area (TPSA) is 78.5 Å². The van der Waals surface area contributed by atoms with Gasteiger partial charge in [0.2, 0.25) is 0 Å². The number of amides is 4. The number of hydrogen-bond donors (Lipinski definition) is 2. The Morgan fingerprint density at radius 1 is 0.906 bits per heavy atom. The van der Waals surface area contributed by atoms with E-state index in [1.807, 2.05) is 12.1 Å². The summed E-state index contributed by atoms with van der Waals surface area (Å²) in [4.78, 5) is 39.5. The van der Waals surface area contributed by atoms with Crippen molar-refractivity contribution in [2.75, 3.05) is 0 Å². The Kier molecular flexibility index (Phi) is 4.71. The lowest BCUT2D eigenvalue weighted by molar-refractivity contribution is -0.131. The Hall–Kier alpha value is -4.04. The number of halogens is 1. The summed E-state index contributed by atoms with van der Waals surface area (Å²) in [5, 5.41) is 3.75. The van der Waals surface area contributed by atoms with Gasteiger partial charge in [0.15, 0.2) is 5.54 Å². The maximum Gasteiger partial charge on any atom is 0.344 e. The first-order valence-corrected chi connectivity index (χ1v) is 10.6. The van der Waals surface area contributed by atoms with E-state index in [0.29, 0.717) is 26.2 Å². The summed E-state index contributed by atoms with van der Waals surface area (Å²) in [5.41, 5.74) is 2.02. The van der Waals surface area contributed by atoms with Crippen LogP contribution in [0, 0.1) is 5.82 Å². The summed E-state index contributed by atoms with van der Waals surface area (Å²) < 4.78 is 14.6. The molecule has 0 bridgehead atoms. The molecule has 1 fully saturated rings. The summed E-state index contributed by atoms with van der Waals surface area (Å²) in [6.07, 6.45) is 0. The maximum absolute atomic E-state index is 14.0. The van der Waals surface area contributed by atoms with Crippen LogP contribution in [0.3, 0.4) is 0 Å². The van der Waals surface area contributed by atoms with Gasteiger partial charge in [-0.05, 0) is 29.3 Å². The quantitative estimate of drug-likeness (QED) is 0.463. The number of carbonyl (C=O) groups is 3. The van der Waals surface area contributed by atoms with Crippen molar-refractivity contribution >= 4 is 39.3 Å². The highest BCUT2D eigenvalue weighted by molar-refractivity contribution is 7.20. The van der Waals surface area contributed by atoms with Crippen molar-refractivity contribution in [3.63, 3.8) is 0 Å². The molecule has 8 heteroatoms. The van der Waals surface area contributed by atoms with Crippen molar-refractivity contribution in [1.82, 2.24) is 15.8 Å². The highest BCUT2D eigenvalue weighted by Gasteiger charge is 2.54. The second-order valence-corrected chi connectivity index (χ2v) is 8.34. The molecule has 4 aromatic rings. The normalized spacial score (nSPS) is 15.1. The van der Waals surface area contributed by atoms with Crippen molar-refractivity contribution in [3.05, 3.63) is 107 Å². The number of thiophene rings is 1. The van der Waals surface area contributed by atoms with Gasteiger partial charge in [-0.2, -0.15) is 5.01 Å². The summed E-state index contributed by atoms with van der Waals surface area (Å²) in [7, 11) is 0. The number of hydrazine groups is 1. The number of rotatable bonds is 4. The van der Waals surface area contributed by atoms with Gasteiger partial charge in [0, 0.05) is 10.1 Å². The molecule has 4 amide bonds. The van der Waals surface area contributed by atoms with Gasteiger partial charge in [-0.15, -0.1) is 11.3 Å². The van der Waals surface area contributed by atoms with Crippen LogP contribution in [0.25, 0.3) is 10.1 Å². The standard InChI is InChI=1S/C24H16FN3O3S/c25-18-12-7-13-19-17(18)14-20(32-19)21(29)27-28-22(30)24(26-23(28)31,15-8-3-1-4-9-15)16-10-5-2-6-11-16/h1-14H,(H,26,31)(H,27,29). The first-order valence-electron chi connectivity index (χ1n) is 9.77. The monoisotopic (exact) mass is 445 g/mol. The molecule has 6 nitrogen and oxygen atoms in total. The lowest BCUT2D eigenvalue weighted by Crippen LogP contribution is -2.49. The molecule has 1 aromatic heterocycles. The largest absolute Gasteiger partial charge is 0.344 e. The molecule has 3 aromatic carbocycles. The van der Waals surface area contributed by atoms with Crippen LogP contribution in [-0.2, 0) is 10.3 Å². The fraction of sp³-hybridized carbons (Fsp3) is 0.0417. The van der Waals surface area contributed by atoms with E-state index in [1.165, 1.54) is 12.1 Å². The van der Waals surface area contributed by atoms with E-state index in [4.69, 9.17) is 0 Å². The van der Waals surface area contributed by atoms with Crippen LogP contribution in [0.4, 0.5) is 9.18 Å². The van der Waals surface area contributed by atoms with Gasteiger partial charge in [0.1, 0.15) is 5.82 Å². The predicted octanol–water partition coefficient (Wildman–Crippen LogP) is 4.18. The Labute approximate surface area is 186 Å². The summed E-state index contributed by atoms with van der Waals surface area (Å²) in [6.45, 7) is 0. The SMILES string of the molecule is O=C(NN1C(=O)NC(c2ccccc2)(c2ccccc2)C1=O)c1cc2c(F)cccc2s1. The summed E-state index contributed by atoms with van der Waals surface area (Å²) in [6, 6.07) is 22.9. The molecule has 1 aliphatic heterocycles. The van der Waals surface area contributed by atoms with Gasteiger partial charge >= 0.3 is 6.03 Å². The second kappa shape index (κ2) is 7.58. The average molecular weight is 445 g/mol. The number of nitrogens with zero attached hydrogens (tertiary/aromatic N) is 1. The molecule has 0 spiro atoms. The number of urea groups is 1. The van der Waals surface area contributed by atoms with Crippen LogP contribution in [0.1, 0.15) is 20.8 Å². The van der Waals surface area contributed by atoms with Crippen LogP contribution in [0.5, 0.6) is 0 Å². The highest BCUT2D eigenvalue weighted by atomic mass is 32.1. The molecular formula is C24H16FN3O3S. The first-order chi connectivity index (χ1) is 15.5. The minimum absolute atomic E-state index is 0.183. The lowest BCUT2D eigenvalue weighted by atomic mass is 9.83. The van der Waals surface area contributed by atoms with E-state index >= 15 is 0 Å².